The summed E-state index contributed by atoms with van der Waals surface area (Å²) >= 11 is 1.83. The van der Waals surface area contributed by atoms with Crippen LogP contribution in [0.4, 0.5) is 0 Å². The van der Waals surface area contributed by atoms with Crippen LogP contribution in [0.1, 0.15) is 13.8 Å². The largest absolute Gasteiger partial charge is 0.382 e. The molecule has 0 radical (unpaired) electrons. The van der Waals surface area contributed by atoms with E-state index in [1.807, 2.05) is 11.8 Å². The molecule has 0 saturated heterocycles. The van der Waals surface area contributed by atoms with Gasteiger partial charge in [0.25, 0.3) is 0 Å². The van der Waals surface area contributed by atoms with Crippen molar-refractivity contribution < 1.29 is 9.47 Å². The van der Waals surface area contributed by atoms with Crippen LogP contribution in [0.2, 0.25) is 0 Å². The Morgan fingerprint density at radius 2 is 1.94 bits per heavy atom. The standard InChI is InChI=1S/C12H27N3O2S/c1-12(2,18-5)10-15-11(13-3)14-6-7-17-9-8-16-4/h6-10H2,1-5H3,(H2,13,14,15). The van der Waals surface area contributed by atoms with Crippen LogP contribution in [0.15, 0.2) is 4.99 Å². The molecule has 0 aliphatic rings. The third-order valence-corrected chi connectivity index (χ3v) is 3.68. The molecule has 0 rings (SSSR count). The zero-order valence-electron chi connectivity index (χ0n) is 12.2. The lowest BCUT2D eigenvalue weighted by molar-refractivity contribution is 0.0733. The highest BCUT2D eigenvalue weighted by molar-refractivity contribution is 7.99. The molecule has 0 fully saturated rings. The Balaban J connectivity index is 3.66. The van der Waals surface area contributed by atoms with Crippen molar-refractivity contribution in [2.24, 2.45) is 4.99 Å². The summed E-state index contributed by atoms with van der Waals surface area (Å²) in [5.74, 6) is 0.812. The van der Waals surface area contributed by atoms with Gasteiger partial charge in [0, 0.05) is 32.0 Å². The van der Waals surface area contributed by atoms with Crippen LogP contribution < -0.4 is 10.6 Å². The normalized spacial score (nSPS) is 12.6. The SMILES string of the molecule is CN=C(NCCOCCOC)NCC(C)(C)SC. The second-order valence-corrected chi connectivity index (χ2v) is 5.93. The van der Waals surface area contributed by atoms with Crippen molar-refractivity contribution >= 4 is 17.7 Å². The number of hydrogen-bond donors (Lipinski definition) is 2. The Kier molecular flexibility index (Phi) is 10.2. The van der Waals surface area contributed by atoms with Crippen molar-refractivity contribution in [1.82, 2.24) is 10.6 Å². The van der Waals surface area contributed by atoms with Gasteiger partial charge in [0.15, 0.2) is 5.96 Å². The number of thioether (sulfide) groups is 1. The van der Waals surface area contributed by atoms with Crippen LogP contribution in [0.25, 0.3) is 0 Å². The fourth-order valence-electron chi connectivity index (χ4n) is 1.08. The van der Waals surface area contributed by atoms with Gasteiger partial charge in [0.05, 0.1) is 19.8 Å². The molecule has 18 heavy (non-hydrogen) atoms. The number of aliphatic imine (C=N–C) groups is 1. The topological polar surface area (TPSA) is 54.9 Å². The van der Waals surface area contributed by atoms with E-state index in [2.05, 4.69) is 35.7 Å². The van der Waals surface area contributed by atoms with Gasteiger partial charge in [-0.1, -0.05) is 0 Å². The maximum absolute atomic E-state index is 5.36. The molecule has 0 aliphatic carbocycles. The number of hydrogen-bond acceptors (Lipinski definition) is 4. The zero-order chi connectivity index (χ0) is 13.9. The summed E-state index contributed by atoms with van der Waals surface area (Å²) in [6.07, 6.45) is 2.11. The van der Waals surface area contributed by atoms with E-state index in [1.54, 1.807) is 14.2 Å². The fraction of sp³-hybridized carbons (Fsp3) is 0.917. The van der Waals surface area contributed by atoms with Crippen molar-refractivity contribution in [3.05, 3.63) is 0 Å². The molecule has 0 unspecified atom stereocenters. The molecule has 0 spiro atoms. The number of ether oxygens (including phenoxy) is 2. The summed E-state index contributed by atoms with van der Waals surface area (Å²) in [5.41, 5.74) is 0. The van der Waals surface area contributed by atoms with Gasteiger partial charge in [0.1, 0.15) is 0 Å². The first-order chi connectivity index (χ1) is 8.55. The summed E-state index contributed by atoms with van der Waals surface area (Å²) in [6.45, 7) is 7.92. The maximum atomic E-state index is 5.36. The molecular weight excluding hydrogens is 250 g/mol. The molecule has 0 bridgehead atoms. The van der Waals surface area contributed by atoms with Gasteiger partial charge in [-0.2, -0.15) is 11.8 Å². The summed E-state index contributed by atoms with van der Waals surface area (Å²) in [7, 11) is 3.44. The lowest BCUT2D eigenvalue weighted by atomic mass is 10.2. The maximum Gasteiger partial charge on any atom is 0.191 e. The average molecular weight is 277 g/mol. The molecule has 0 aromatic heterocycles. The van der Waals surface area contributed by atoms with Crippen molar-refractivity contribution in [1.29, 1.82) is 0 Å². The van der Waals surface area contributed by atoms with Crippen LogP contribution in [0.3, 0.4) is 0 Å². The van der Waals surface area contributed by atoms with Crippen molar-refractivity contribution in [3.8, 4) is 0 Å². The summed E-state index contributed by atoms with van der Waals surface area (Å²) in [5, 5.41) is 6.51. The molecule has 0 saturated carbocycles. The third kappa shape index (κ3) is 9.56. The molecule has 2 N–H and O–H groups in total. The molecule has 0 heterocycles. The van der Waals surface area contributed by atoms with Crippen molar-refractivity contribution in [2.45, 2.75) is 18.6 Å². The van der Waals surface area contributed by atoms with Crippen molar-refractivity contribution in [3.63, 3.8) is 0 Å². The minimum Gasteiger partial charge on any atom is -0.382 e. The molecule has 0 amide bonds. The number of methoxy groups -OCH3 is 1. The predicted molar refractivity (Wildman–Crippen MR) is 79.7 cm³/mol. The Labute approximate surface area is 115 Å². The highest BCUT2D eigenvalue weighted by atomic mass is 32.2. The molecular formula is C12H27N3O2S. The molecule has 6 heteroatoms. The molecule has 0 aromatic carbocycles. The first kappa shape index (κ1) is 17.5. The summed E-state index contributed by atoms with van der Waals surface area (Å²) < 4.78 is 10.5. The molecule has 0 aliphatic heterocycles. The highest BCUT2D eigenvalue weighted by Crippen LogP contribution is 2.19. The monoisotopic (exact) mass is 277 g/mol. The molecule has 5 nitrogen and oxygen atoms in total. The van der Waals surface area contributed by atoms with Crippen molar-refractivity contribution in [2.75, 3.05) is 53.3 Å². The number of nitrogens with zero attached hydrogens (tertiary/aromatic N) is 1. The van der Waals surface area contributed by atoms with E-state index >= 15 is 0 Å². The first-order valence-corrected chi connectivity index (χ1v) is 7.34. The lowest BCUT2D eigenvalue weighted by Crippen LogP contribution is -2.44. The third-order valence-electron chi connectivity index (χ3n) is 2.43. The molecule has 0 aromatic rings. The van der Waals surface area contributed by atoms with Gasteiger partial charge in [0.2, 0.25) is 0 Å². The van der Waals surface area contributed by atoms with Crippen LogP contribution >= 0.6 is 11.8 Å². The Bertz CT molecular complexity index is 235. The van der Waals surface area contributed by atoms with E-state index in [0.29, 0.717) is 19.8 Å². The minimum atomic E-state index is 0.201. The Morgan fingerprint density at radius 3 is 2.50 bits per heavy atom. The average Bonchev–Trinajstić information content (AvgIpc) is 2.37. The van der Waals surface area contributed by atoms with Gasteiger partial charge in [-0.25, -0.2) is 0 Å². The van der Waals surface area contributed by atoms with Gasteiger partial charge in [-0.05, 0) is 20.1 Å². The summed E-state index contributed by atoms with van der Waals surface area (Å²) in [4.78, 5) is 4.16. The van der Waals surface area contributed by atoms with Crippen LogP contribution in [0, 0.1) is 0 Å². The Hall–Kier alpha value is -0.460. The summed E-state index contributed by atoms with van der Waals surface area (Å²) in [6, 6.07) is 0. The van der Waals surface area contributed by atoms with Crippen LogP contribution in [0.5, 0.6) is 0 Å². The van der Waals surface area contributed by atoms with E-state index in [4.69, 9.17) is 9.47 Å². The van der Waals surface area contributed by atoms with Gasteiger partial charge < -0.3 is 20.1 Å². The number of nitrogens with one attached hydrogen (secondary N) is 2. The smallest absolute Gasteiger partial charge is 0.191 e. The second kappa shape index (κ2) is 10.5. The number of guanidine groups is 1. The van der Waals surface area contributed by atoms with Gasteiger partial charge in [-0.15, -0.1) is 0 Å². The van der Waals surface area contributed by atoms with Gasteiger partial charge >= 0.3 is 0 Å². The molecule has 108 valence electrons. The van der Waals surface area contributed by atoms with Crippen LogP contribution in [-0.4, -0.2) is 64.0 Å². The second-order valence-electron chi connectivity index (χ2n) is 4.42. The van der Waals surface area contributed by atoms with E-state index in [1.165, 1.54) is 0 Å². The highest BCUT2D eigenvalue weighted by Gasteiger charge is 2.15. The van der Waals surface area contributed by atoms with E-state index in [-0.39, 0.29) is 4.75 Å². The van der Waals surface area contributed by atoms with Crippen LogP contribution in [-0.2, 0) is 9.47 Å². The predicted octanol–water partition coefficient (Wildman–Crippen LogP) is 0.956. The number of rotatable bonds is 9. The van der Waals surface area contributed by atoms with E-state index < -0.39 is 0 Å². The van der Waals surface area contributed by atoms with E-state index in [9.17, 15) is 0 Å². The van der Waals surface area contributed by atoms with Gasteiger partial charge in [-0.3, -0.25) is 4.99 Å². The lowest BCUT2D eigenvalue weighted by Gasteiger charge is -2.23. The first-order valence-electron chi connectivity index (χ1n) is 6.12. The Morgan fingerprint density at radius 1 is 1.22 bits per heavy atom. The quantitative estimate of drug-likeness (QED) is 0.373. The zero-order valence-corrected chi connectivity index (χ0v) is 13.0. The minimum absolute atomic E-state index is 0.201. The molecule has 0 atom stereocenters. The fourth-order valence-corrected chi connectivity index (χ4v) is 1.29. The van der Waals surface area contributed by atoms with E-state index in [0.717, 1.165) is 19.0 Å².